The van der Waals surface area contributed by atoms with Gasteiger partial charge in [-0.05, 0) is 31.7 Å². The molecule has 0 bridgehead atoms. The maximum atomic E-state index is 14.6. The number of nitrogens with zero attached hydrogens (tertiary/aromatic N) is 3. The molecule has 2 N–H and O–H groups in total. The fourth-order valence-corrected chi connectivity index (χ4v) is 4.77. The molecule has 9 nitrogen and oxygen atoms in total. The van der Waals surface area contributed by atoms with Gasteiger partial charge in [-0.25, -0.2) is 9.37 Å². The van der Waals surface area contributed by atoms with E-state index in [-0.39, 0.29) is 36.8 Å². The van der Waals surface area contributed by atoms with E-state index in [9.17, 15) is 14.0 Å². The van der Waals surface area contributed by atoms with Crippen LogP contribution in [0.1, 0.15) is 36.9 Å². The van der Waals surface area contributed by atoms with Gasteiger partial charge in [0, 0.05) is 37.3 Å². The predicted octanol–water partition coefficient (Wildman–Crippen LogP) is 3.07. The molecule has 0 atom stereocenters. The second kappa shape index (κ2) is 9.88. The van der Waals surface area contributed by atoms with Gasteiger partial charge in [-0.2, -0.15) is 0 Å². The number of hydrogen-bond acceptors (Lipinski definition) is 7. The van der Waals surface area contributed by atoms with Gasteiger partial charge in [0.25, 0.3) is 11.5 Å². The summed E-state index contributed by atoms with van der Waals surface area (Å²) in [6.07, 6.45) is 4.56. The zero-order valence-electron chi connectivity index (χ0n) is 19.1. The minimum absolute atomic E-state index is 0.00535. The van der Waals surface area contributed by atoms with E-state index >= 15 is 0 Å². The summed E-state index contributed by atoms with van der Waals surface area (Å²) in [5.74, 6) is 0.124. The first-order valence-corrected chi connectivity index (χ1v) is 11.9. The van der Waals surface area contributed by atoms with Crippen LogP contribution < -0.4 is 20.9 Å². The summed E-state index contributed by atoms with van der Waals surface area (Å²) in [5.41, 5.74) is 1.78. The number of aromatic nitrogens is 3. The van der Waals surface area contributed by atoms with Crippen molar-refractivity contribution in [3.8, 4) is 5.75 Å². The Bertz CT molecular complexity index is 1340. The van der Waals surface area contributed by atoms with Crippen LogP contribution in [0.3, 0.4) is 0 Å². The molecule has 1 aliphatic heterocycles. The molecular weight excluding hydrogens is 477 g/mol. The molecule has 0 spiro atoms. The van der Waals surface area contributed by atoms with Crippen molar-refractivity contribution in [3.63, 3.8) is 0 Å². The Labute approximate surface area is 205 Å². The monoisotopic (exact) mass is 501 g/mol. The summed E-state index contributed by atoms with van der Waals surface area (Å²) in [5, 5.41) is 6.65. The Kier molecular flexibility index (Phi) is 6.68. The van der Waals surface area contributed by atoms with E-state index in [1.807, 2.05) is 0 Å². The molecule has 1 saturated carbocycles. The number of ether oxygens (including phenoxy) is 2. The third-order valence-electron chi connectivity index (χ3n) is 6.51. The number of nitrogens with one attached hydrogen (secondary N) is 2. The first-order chi connectivity index (χ1) is 16.9. The van der Waals surface area contributed by atoms with Crippen LogP contribution in [0.4, 0.5) is 10.2 Å². The Hall–Kier alpha value is -3.08. The van der Waals surface area contributed by atoms with Gasteiger partial charge in [-0.1, -0.05) is 11.6 Å². The van der Waals surface area contributed by atoms with Crippen LogP contribution in [0.5, 0.6) is 5.75 Å². The zero-order chi connectivity index (χ0) is 24.5. The molecule has 1 fully saturated rings. The van der Waals surface area contributed by atoms with E-state index in [4.69, 9.17) is 21.1 Å². The molecule has 3 aromatic rings. The molecule has 3 aromatic heterocycles. The van der Waals surface area contributed by atoms with Gasteiger partial charge in [0.2, 0.25) is 0 Å². The molecular formula is C24H25ClFN5O4. The SMILES string of the molecule is Cn1c(=O)ccc2ncc(F)c(CO[C@H]3CC[C@H](NCc4nc5c(cc4Cl)OCC(=O)N5)CC3)c21. The predicted molar refractivity (Wildman–Crippen MR) is 128 cm³/mol. The molecule has 1 aliphatic carbocycles. The summed E-state index contributed by atoms with van der Waals surface area (Å²) in [4.78, 5) is 32.1. The van der Waals surface area contributed by atoms with Gasteiger partial charge in [0.15, 0.2) is 18.2 Å². The van der Waals surface area contributed by atoms with Crippen LogP contribution in [-0.2, 0) is 29.7 Å². The van der Waals surface area contributed by atoms with Gasteiger partial charge >= 0.3 is 0 Å². The number of carbonyl (C=O) groups excluding carboxylic acids is 1. The highest BCUT2D eigenvalue weighted by atomic mass is 35.5. The number of fused-ring (bicyclic) bond motifs is 2. The summed E-state index contributed by atoms with van der Waals surface area (Å²) in [7, 11) is 1.61. The lowest BCUT2D eigenvalue weighted by molar-refractivity contribution is -0.118. The number of carbonyl (C=O) groups is 1. The lowest BCUT2D eigenvalue weighted by atomic mass is 9.93. The molecule has 4 heterocycles. The van der Waals surface area contributed by atoms with Gasteiger partial charge in [0.1, 0.15) is 5.82 Å². The van der Waals surface area contributed by atoms with Crippen molar-refractivity contribution >= 4 is 34.4 Å². The van der Waals surface area contributed by atoms with Crippen LogP contribution in [0.25, 0.3) is 11.0 Å². The number of halogens is 2. The third-order valence-corrected chi connectivity index (χ3v) is 6.84. The normalized spacial score (nSPS) is 19.8. The molecule has 35 heavy (non-hydrogen) atoms. The van der Waals surface area contributed by atoms with E-state index in [1.165, 1.54) is 16.8 Å². The highest BCUT2D eigenvalue weighted by Crippen LogP contribution is 2.31. The van der Waals surface area contributed by atoms with Crippen LogP contribution in [0.15, 0.2) is 29.2 Å². The van der Waals surface area contributed by atoms with Crippen LogP contribution in [0.2, 0.25) is 5.02 Å². The van der Waals surface area contributed by atoms with Crippen LogP contribution in [0, 0.1) is 5.82 Å². The first kappa shape index (κ1) is 23.7. The van der Waals surface area contributed by atoms with E-state index in [1.54, 1.807) is 19.2 Å². The van der Waals surface area contributed by atoms with Gasteiger partial charge in [0.05, 0.1) is 40.7 Å². The van der Waals surface area contributed by atoms with Crippen molar-refractivity contribution in [1.82, 2.24) is 19.9 Å². The summed E-state index contributed by atoms with van der Waals surface area (Å²) < 4.78 is 27.4. The maximum Gasteiger partial charge on any atom is 0.263 e. The number of pyridine rings is 3. The Morgan fingerprint density at radius 2 is 2.09 bits per heavy atom. The van der Waals surface area contributed by atoms with E-state index < -0.39 is 5.82 Å². The smallest absolute Gasteiger partial charge is 0.263 e. The maximum absolute atomic E-state index is 14.6. The van der Waals surface area contributed by atoms with E-state index in [0.29, 0.717) is 45.4 Å². The van der Waals surface area contributed by atoms with Crippen molar-refractivity contribution in [2.45, 2.75) is 51.0 Å². The van der Waals surface area contributed by atoms with E-state index in [2.05, 4.69) is 20.6 Å². The summed E-state index contributed by atoms with van der Waals surface area (Å²) in [6, 6.07) is 4.95. The number of anilines is 1. The van der Waals surface area contributed by atoms with Crippen molar-refractivity contribution in [3.05, 3.63) is 56.8 Å². The molecule has 0 radical (unpaired) electrons. The van der Waals surface area contributed by atoms with Crippen molar-refractivity contribution in [1.29, 1.82) is 0 Å². The Morgan fingerprint density at radius 1 is 1.29 bits per heavy atom. The lowest BCUT2D eigenvalue weighted by Gasteiger charge is -2.29. The fourth-order valence-electron chi connectivity index (χ4n) is 4.56. The molecule has 0 aromatic carbocycles. The van der Waals surface area contributed by atoms with Gasteiger partial charge in [-0.3, -0.25) is 14.6 Å². The molecule has 1 amide bonds. The second-order valence-corrected chi connectivity index (χ2v) is 9.22. The van der Waals surface area contributed by atoms with Gasteiger partial charge in [-0.15, -0.1) is 0 Å². The van der Waals surface area contributed by atoms with Crippen molar-refractivity contribution < 1.29 is 18.7 Å². The largest absolute Gasteiger partial charge is 0.480 e. The minimum atomic E-state index is -0.481. The summed E-state index contributed by atoms with van der Waals surface area (Å²) in [6.45, 7) is 0.490. The second-order valence-electron chi connectivity index (χ2n) is 8.82. The van der Waals surface area contributed by atoms with E-state index in [0.717, 1.165) is 25.7 Å². The number of rotatable bonds is 6. The number of aryl methyl sites for hydroxylation is 1. The minimum Gasteiger partial charge on any atom is -0.480 e. The molecule has 2 aliphatic rings. The van der Waals surface area contributed by atoms with Crippen LogP contribution >= 0.6 is 11.6 Å². The first-order valence-electron chi connectivity index (χ1n) is 11.5. The quantitative estimate of drug-likeness (QED) is 0.534. The van der Waals surface area contributed by atoms with Crippen LogP contribution in [-0.4, -0.2) is 39.2 Å². The Balaban J connectivity index is 1.16. The highest BCUT2D eigenvalue weighted by molar-refractivity contribution is 6.31. The summed E-state index contributed by atoms with van der Waals surface area (Å²) >= 11 is 6.34. The third kappa shape index (κ3) is 5.00. The topological polar surface area (TPSA) is 107 Å². The number of hydrogen-bond donors (Lipinski definition) is 2. The standard InChI is InChI=1S/C24H25ClFN5O4/c1-31-22(33)7-6-18-23(31)15(17(26)9-28-18)11-34-14-4-2-13(3-5-14)27-10-19-16(25)8-20-24(29-19)30-21(32)12-35-20/h6-9,13-14,27H,2-5,10-12H2,1H3,(H,29,30,32)/t13-,14-. The zero-order valence-corrected chi connectivity index (χ0v) is 19.9. The molecule has 5 rings (SSSR count). The molecule has 0 unspecified atom stereocenters. The molecule has 184 valence electrons. The molecule has 0 saturated heterocycles. The molecule has 11 heteroatoms. The average molecular weight is 502 g/mol. The van der Waals surface area contributed by atoms with Gasteiger partial charge < -0.3 is 24.7 Å². The lowest BCUT2D eigenvalue weighted by Crippen LogP contribution is -2.35. The fraction of sp³-hybridized carbons (Fsp3) is 0.417. The number of amides is 1. The highest BCUT2D eigenvalue weighted by Gasteiger charge is 2.24. The average Bonchev–Trinajstić information content (AvgIpc) is 2.85. The van der Waals surface area contributed by atoms with Crippen molar-refractivity contribution in [2.24, 2.45) is 7.05 Å². The Morgan fingerprint density at radius 3 is 2.89 bits per heavy atom. The van der Waals surface area contributed by atoms with Crippen molar-refractivity contribution in [2.75, 3.05) is 11.9 Å².